The molecular weight excluding hydrogens is 352 g/mol. The molecule has 0 saturated carbocycles. The molecule has 24 heavy (non-hydrogen) atoms. The van der Waals surface area contributed by atoms with Crippen LogP contribution in [-0.2, 0) is 16.4 Å². The molecule has 0 atom stereocenters. The van der Waals surface area contributed by atoms with Gasteiger partial charge in [0.25, 0.3) is 5.91 Å². The van der Waals surface area contributed by atoms with E-state index in [1.807, 2.05) is 6.07 Å². The Labute approximate surface area is 145 Å². The van der Waals surface area contributed by atoms with Crippen LogP contribution in [-0.4, -0.2) is 33.0 Å². The number of phenolic OH excluding ortho intramolecular Hbond substituents is 1. The van der Waals surface area contributed by atoms with E-state index in [2.05, 4.69) is 10.0 Å². The lowest BCUT2D eigenvalue weighted by Gasteiger charge is -2.09. The van der Waals surface area contributed by atoms with Gasteiger partial charge in [0, 0.05) is 6.54 Å². The third kappa shape index (κ3) is 4.47. The number of hydrogen-bond acceptors (Lipinski definition) is 4. The topological polar surface area (TPSA) is 95.5 Å². The molecule has 0 unspecified atom stereocenters. The molecule has 3 N–H and O–H groups in total. The molecule has 2 aromatic carbocycles. The largest absolute Gasteiger partial charge is 0.508 e. The zero-order chi connectivity index (χ0) is 17.7. The number of halogens is 1. The fraction of sp³-hybridized carbons (Fsp3) is 0.188. The molecule has 128 valence electrons. The van der Waals surface area contributed by atoms with Crippen molar-refractivity contribution < 1.29 is 18.3 Å². The predicted molar refractivity (Wildman–Crippen MR) is 91.8 cm³/mol. The van der Waals surface area contributed by atoms with Gasteiger partial charge in [-0.15, -0.1) is 0 Å². The van der Waals surface area contributed by atoms with Crippen LogP contribution < -0.4 is 10.0 Å². The average molecular weight is 369 g/mol. The lowest BCUT2D eigenvalue weighted by atomic mass is 10.1. The molecule has 0 heterocycles. The van der Waals surface area contributed by atoms with Gasteiger partial charge in [-0.2, -0.15) is 0 Å². The van der Waals surface area contributed by atoms with Crippen molar-refractivity contribution in [2.45, 2.75) is 11.3 Å². The van der Waals surface area contributed by atoms with Crippen LogP contribution in [0.1, 0.15) is 15.9 Å². The summed E-state index contributed by atoms with van der Waals surface area (Å²) >= 11 is 5.99. The van der Waals surface area contributed by atoms with E-state index in [0.29, 0.717) is 13.0 Å². The lowest BCUT2D eigenvalue weighted by Crippen LogP contribution is -2.26. The van der Waals surface area contributed by atoms with Crippen LogP contribution in [0.25, 0.3) is 0 Å². The molecule has 0 aliphatic rings. The average Bonchev–Trinajstić information content (AvgIpc) is 2.55. The van der Waals surface area contributed by atoms with Gasteiger partial charge >= 0.3 is 0 Å². The minimum absolute atomic E-state index is 0.0347. The van der Waals surface area contributed by atoms with Crippen molar-refractivity contribution in [3.63, 3.8) is 0 Å². The second kappa shape index (κ2) is 7.65. The molecule has 0 radical (unpaired) electrons. The monoisotopic (exact) mass is 368 g/mol. The quantitative estimate of drug-likeness (QED) is 0.726. The summed E-state index contributed by atoms with van der Waals surface area (Å²) in [4.78, 5) is 12.2. The number of amides is 1. The Morgan fingerprint density at radius 2 is 1.96 bits per heavy atom. The van der Waals surface area contributed by atoms with E-state index < -0.39 is 15.9 Å². The number of carbonyl (C=O) groups is 1. The fourth-order valence-electron chi connectivity index (χ4n) is 2.09. The number of hydrogen-bond donors (Lipinski definition) is 3. The lowest BCUT2D eigenvalue weighted by molar-refractivity contribution is 0.0954. The second-order valence-corrected chi connectivity index (χ2v) is 7.32. The molecule has 6 nitrogen and oxygen atoms in total. The van der Waals surface area contributed by atoms with Crippen LogP contribution in [0.4, 0.5) is 0 Å². The molecule has 0 aliphatic heterocycles. The van der Waals surface area contributed by atoms with Crippen molar-refractivity contribution in [1.82, 2.24) is 10.0 Å². The molecule has 2 aromatic rings. The van der Waals surface area contributed by atoms with Crippen LogP contribution in [0.3, 0.4) is 0 Å². The SMILES string of the molecule is CNS(=O)(=O)c1ccc(Cl)c(C(=O)NCCc2cccc(O)c2)c1. The maximum absolute atomic E-state index is 12.2. The van der Waals surface area contributed by atoms with Gasteiger partial charge in [0.15, 0.2) is 0 Å². The van der Waals surface area contributed by atoms with Crippen LogP contribution in [0.5, 0.6) is 5.75 Å². The Bertz CT molecular complexity index is 853. The zero-order valence-electron chi connectivity index (χ0n) is 12.9. The number of benzene rings is 2. The summed E-state index contributed by atoms with van der Waals surface area (Å²) in [6.07, 6.45) is 0.520. The zero-order valence-corrected chi connectivity index (χ0v) is 14.5. The summed E-state index contributed by atoms with van der Waals surface area (Å²) in [7, 11) is -2.37. The minimum Gasteiger partial charge on any atom is -0.508 e. The number of rotatable bonds is 6. The number of aromatic hydroxyl groups is 1. The van der Waals surface area contributed by atoms with Gasteiger partial charge in [-0.05, 0) is 49.4 Å². The van der Waals surface area contributed by atoms with E-state index in [9.17, 15) is 18.3 Å². The Morgan fingerprint density at radius 1 is 1.21 bits per heavy atom. The molecular formula is C16H17ClN2O4S. The van der Waals surface area contributed by atoms with Gasteiger partial charge < -0.3 is 10.4 Å². The first-order valence-corrected chi connectivity index (χ1v) is 8.99. The normalized spacial score (nSPS) is 11.2. The van der Waals surface area contributed by atoms with Gasteiger partial charge in [0.05, 0.1) is 15.5 Å². The van der Waals surface area contributed by atoms with Crippen LogP contribution >= 0.6 is 11.6 Å². The molecule has 2 rings (SSSR count). The molecule has 0 spiro atoms. The molecule has 0 bridgehead atoms. The Kier molecular flexibility index (Phi) is 5.82. The smallest absolute Gasteiger partial charge is 0.252 e. The van der Waals surface area contributed by atoms with Gasteiger partial charge in [-0.3, -0.25) is 4.79 Å². The highest BCUT2D eigenvalue weighted by molar-refractivity contribution is 7.89. The Hall–Kier alpha value is -2.09. The number of phenols is 1. The summed E-state index contributed by atoms with van der Waals surface area (Å²) in [6.45, 7) is 0.321. The highest BCUT2D eigenvalue weighted by Gasteiger charge is 2.17. The standard InChI is InChI=1S/C16H17ClN2O4S/c1-18-24(22,23)13-5-6-15(17)14(10-13)16(21)19-8-7-11-3-2-4-12(20)9-11/h2-6,9-10,18,20H,7-8H2,1H3,(H,19,21). The maximum atomic E-state index is 12.2. The van der Waals surface area contributed by atoms with E-state index >= 15 is 0 Å². The van der Waals surface area contributed by atoms with E-state index in [0.717, 1.165) is 5.56 Å². The van der Waals surface area contributed by atoms with Crippen molar-refractivity contribution in [2.24, 2.45) is 0 Å². The number of nitrogens with one attached hydrogen (secondary N) is 2. The van der Waals surface area contributed by atoms with Crippen LogP contribution in [0.15, 0.2) is 47.4 Å². The third-order valence-corrected chi connectivity index (χ3v) is 5.11. The van der Waals surface area contributed by atoms with Crippen LogP contribution in [0.2, 0.25) is 5.02 Å². The highest BCUT2D eigenvalue weighted by atomic mass is 35.5. The van der Waals surface area contributed by atoms with Gasteiger partial charge in [-0.25, -0.2) is 13.1 Å². The Morgan fingerprint density at radius 3 is 2.62 bits per heavy atom. The predicted octanol–water partition coefficient (Wildman–Crippen LogP) is 1.93. The summed E-state index contributed by atoms with van der Waals surface area (Å²) in [5.41, 5.74) is 0.955. The van der Waals surface area contributed by atoms with Crippen molar-refractivity contribution in [3.05, 3.63) is 58.6 Å². The first-order valence-electron chi connectivity index (χ1n) is 7.12. The second-order valence-electron chi connectivity index (χ2n) is 5.03. The molecule has 8 heteroatoms. The summed E-state index contributed by atoms with van der Waals surface area (Å²) in [5.74, 6) is -0.305. The summed E-state index contributed by atoms with van der Waals surface area (Å²) in [5, 5.41) is 12.2. The van der Waals surface area contributed by atoms with E-state index in [1.54, 1.807) is 18.2 Å². The number of carbonyl (C=O) groups excluding carboxylic acids is 1. The van der Waals surface area contributed by atoms with Crippen LogP contribution in [0, 0.1) is 0 Å². The molecule has 0 saturated heterocycles. The summed E-state index contributed by atoms with van der Waals surface area (Å²) < 4.78 is 25.8. The molecule has 0 aromatic heterocycles. The van der Waals surface area contributed by atoms with Gasteiger partial charge in [-0.1, -0.05) is 23.7 Å². The van der Waals surface area contributed by atoms with E-state index in [4.69, 9.17) is 11.6 Å². The van der Waals surface area contributed by atoms with Crippen molar-refractivity contribution in [1.29, 1.82) is 0 Å². The fourth-order valence-corrected chi connectivity index (χ4v) is 3.05. The molecule has 1 amide bonds. The van der Waals surface area contributed by atoms with E-state index in [-0.39, 0.29) is 21.2 Å². The molecule has 0 fully saturated rings. The molecule has 0 aliphatic carbocycles. The van der Waals surface area contributed by atoms with Crippen molar-refractivity contribution in [3.8, 4) is 5.75 Å². The highest BCUT2D eigenvalue weighted by Crippen LogP contribution is 2.20. The maximum Gasteiger partial charge on any atom is 0.252 e. The van der Waals surface area contributed by atoms with Gasteiger partial charge in [0.2, 0.25) is 10.0 Å². The van der Waals surface area contributed by atoms with Crippen molar-refractivity contribution >= 4 is 27.5 Å². The number of sulfonamides is 1. The first kappa shape index (κ1) is 18.3. The van der Waals surface area contributed by atoms with Gasteiger partial charge in [0.1, 0.15) is 5.75 Å². The Balaban J connectivity index is 2.08. The third-order valence-electron chi connectivity index (χ3n) is 3.37. The summed E-state index contributed by atoms with van der Waals surface area (Å²) in [6, 6.07) is 10.7. The first-order chi connectivity index (χ1) is 11.3. The van der Waals surface area contributed by atoms with Crippen molar-refractivity contribution in [2.75, 3.05) is 13.6 Å². The minimum atomic E-state index is -3.66. The van der Waals surface area contributed by atoms with E-state index in [1.165, 1.54) is 25.2 Å².